The molecule has 2 aliphatic carbocycles. The number of rotatable bonds is 5. The van der Waals surface area contributed by atoms with Gasteiger partial charge in [-0.25, -0.2) is 4.79 Å². The summed E-state index contributed by atoms with van der Waals surface area (Å²) in [5.41, 5.74) is 0.661. The van der Waals surface area contributed by atoms with Crippen molar-refractivity contribution in [3.63, 3.8) is 0 Å². The molecule has 1 aliphatic heterocycles. The van der Waals surface area contributed by atoms with Crippen molar-refractivity contribution in [2.45, 2.75) is 71.1 Å². The van der Waals surface area contributed by atoms with Gasteiger partial charge in [0.05, 0.1) is 24.0 Å². The van der Waals surface area contributed by atoms with Crippen LogP contribution in [0.2, 0.25) is 0 Å². The van der Waals surface area contributed by atoms with E-state index in [1.54, 1.807) is 0 Å². The predicted octanol–water partition coefficient (Wildman–Crippen LogP) is 6.03. The van der Waals surface area contributed by atoms with Crippen LogP contribution in [0.5, 0.6) is 0 Å². The van der Waals surface area contributed by atoms with Gasteiger partial charge in [0.15, 0.2) is 6.16 Å². The minimum Gasteiger partial charge on any atom is -0.459 e. The van der Waals surface area contributed by atoms with E-state index in [1.807, 2.05) is 0 Å². The van der Waals surface area contributed by atoms with E-state index < -0.39 is 7.26 Å². The molecule has 0 aromatic heterocycles. The number of carbonyl (C=O) groups excluding carboxylic acids is 1. The zero-order chi connectivity index (χ0) is 19.7. The van der Waals surface area contributed by atoms with E-state index in [0.29, 0.717) is 35.5 Å². The van der Waals surface area contributed by atoms with Crippen molar-refractivity contribution in [1.82, 2.24) is 0 Å². The lowest BCUT2D eigenvalue weighted by Crippen LogP contribution is -2.37. The first-order valence-corrected chi connectivity index (χ1v) is 13.4. The molecule has 4 rings (SSSR count). The normalized spacial score (nSPS) is 37.2. The third-order valence-electron chi connectivity index (χ3n) is 7.59. The molecule has 0 spiro atoms. The molecule has 6 atom stereocenters. The molecular formula is C25H36O2P+. The molecule has 0 bridgehead atoms. The second-order valence-corrected chi connectivity index (χ2v) is 13.4. The molecule has 0 amide bonds. The smallest absolute Gasteiger partial charge is 0.344 e. The fraction of sp³-hybridized carbons (Fsp3) is 0.640. The van der Waals surface area contributed by atoms with Crippen molar-refractivity contribution in [2.24, 2.45) is 23.7 Å². The SMILES string of the molecule is CC(C)[C@H]1CC[C@H](C)C[C@@H]1OC(=O)C[P+]1(c2ccccc2)C=C[C@H]2CCC[C@H]21. The molecule has 1 aromatic rings. The molecule has 1 heterocycles. The minimum atomic E-state index is -1.64. The molecule has 1 unspecified atom stereocenters. The summed E-state index contributed by atoms with van der Waals surface area (Å²) in [5, 5.41) is 1.40. The zero-order valence-electron chi connectivity index (χ0n) is 17.7. The number of carbonyl (C=O) groups is 1. The third kappa shape index (κ3) is 3.82. The molecule has 0 radical (unpaired) electrons. The average Bonchev–Trinajstić information content (AvgIpc) is 3.26. The van der Waals surface area contributed by atoms with E-state index in [0.717, 1.165) is 6.42 Å². The van der Waals surface area contributed by atoms with E-state index >= 15 is 0 Å². The Kier molecular flexibility index (Phi) is 5.98. The summed E-state index contributed by atoms with van der Waals surface area (Å²) in [6, 6.07) is 10.9. The molecule has 152 valence electrons. The van der Waals surface area contributed by atoms with Crippen LogP contribution in [0.4, 0.5) is 0 Å². The number of hydrogen-bond donors (Lipinski definition) is 0. The Morgan fingerprint density at radius 3 is 2.68 bits per heavy atom. The van der Waals surface area contributed by atoms with E-state index in [9.17, 15) is 4.79 Å². The van der Waals surface area contributed by atoms with Gasteiger partial charge in [-0.3, -0.25) is 0 Å². The Morgan fingerprint density at radius 1 is 1.14 bits per heavy atom. The predicted molar refractivity (Wildman–Crippen MR) is 119 cm³/mol. The quantitative estimate of drug-likeness (QED) is 0.446. The van der Waals surface area contributed by atoms with Crippen molar-refractivity contribution in [2.75, 3.05) is 6.16 Å². The Labute approximate surface area is 171 Å². The lowest BCUT2D eigenvalue weighted by molar-refractivity contribution is -0.152. The molecule has 0 N–H and O–H groups in total. The van der Waals surface area contributed by atoms with Crippen molar-refractivity contribution in [3.8, 4) is 0 Å². The third-order valence-corrected chi connectivity index (χ3v) is 12.2. The van der Waals surface area contributed by atoms with Gasteiger partial charge >= 0.3 is 5.97 Å². The monoisotopic (exact) mass is 399 g/mol. The van der Waals surface area contributed by atoms with Gasteiger partial charge in [0.1, 0.15) is 6.10 Å². The van der Waals surface area contributed by atoms with Crippen molar-refractivity contribution in [3.05, 3.63) is 42.2 Å². The van der Waals surface area contributed by atoms with Crippen LogP contribution in [0.1, 0.15) is 59.3 Å². The van der Waals surface area contributed by atoms with Gasteiger partial charge in [-0.1, -0.05) is 45.4 Å². The maximum absolute atomic E-state index is 13.3. The lowest BCUT2D eigenvalue weighted by atomic mass is 9.75. The molecule has 1 aromatic carbocycles. The van der Waals surface area contributed by atoms with Crippen LogP contribution >= 0.6 is 7.26 Å². The topological polar surface area (TPSA) is 26.3 Å². The van der Waals surface area contributed by atoms with Gasteiger partial charge in [-0.2, -0.15) is 0 Å². The Balaban J connectivity index is 1.54. The highest BCUT2D eigenvalue weighted by atomic mass is 31.2. The van der Waals surface area contributed by atoms with Crippen molar-refractivity contribution >= 4 is 18.5 Å². The highest BCUT2D eigenvalue weighted by Gasteiger charge is 2.56. The van der Waals surface area contributed by atoms with Gasteiger partial charge in [0.25, 0.3) is 0 Å². The van der Waals surface area contributed by atoms with E-state index in [4.69, 9.17) is 4.74 Å². The number of esters is 1. The number of fused-ring (bicyclic) bond motifs is 1. The lowest BCUT2D eigenvalue weighted by Gasteiger charge is -2.37. The summed E-state index contributed by atoms with van der Waals surface area (Å²) in [4.78, 5) is 13.3. The van der Waals surface area contributed by atoms with E-state index in [1.165, 1.54) is 37.4 Å². The summed E-state index contributed by atoms with van der Waals surface area (Å²) in [5.74, 6) is 4.95. The Morgan fingerprint density at radius 2 is 1.93 bits per heavy atom. The van der Waals surface area contributed by atoms with E-state index in [-0.39, 0.29) is 12.1 Å². The Bertz CT molecular complexity index is 713. The second kappa shape index (κ2) is 8.31. The number of allylic oxidation sites excluding steroid dienone is 1. The average molecular weight is 400 g/mol. The summed E-state index contributed by atoms with van der Waals surface area (Å²) in [6.45, 7) is 6.87. The fourth-order valence-electron chi connectivity index (χ4n) is 6.05. The second-order valence-electron chi connectivity index (χ2n) is 9.78. The first-order chi connectivity index (χ1) is 13.5. The molecule has 2 nitrogen and oxygen atoms in total. The van der Waals surface area contributed by atoms with Gasteiger partial charge < -0.3 is 4.74 Å². The molecular weight excluding hydrogens is 363 g/mol. The van der Waals surface area contributed by atoms with E-state index in [2.05, 4.69) is 63.0 Å². The maximum atomic E-state index is 13.3. The summed E-state index contributed by atoms with van der Waals surface area (Å²) >= 11 is 0. The Hall–Kier alpha value is -1.14. The van der Waals surface area contributed by atoms with Gasteiger partial charge in [-0.05, 0) is 68.1 Å². The molecule has 2 fully saturated rings. The largest absolute Gasteiger partial charge is 0.459 e. The van der Waals surface area contributed by atoms with Crippen LogP contribution in [0, 0.1) is 23.7 Å². The van der Waals surface area contributed by atoms with Crippen LogP contribution in [0.3, 0.4) is 0 Å². The number of ether oxygens (including phenoxy) is 1. The van der Waals surface area contributed by atoms with Crippen LogP contribution in [-0.2, 0) is 9.53 Å². The first-order valence-electron chi connectivity index (χ1n) is 11.3. The maximum Gasteiger partial charge on any atom is 0.344 e. The van der Waals surface area contributed by atoms with Gasteiger partial charge in [0, 0.05) is 5.92 Å². The molecule has 28 heavy (non-hydrogen) atoms. The van der Waals surface area contributed by atoms with Gasteiger partial charge in [0.2, 0.25) is 0 Å². The zero-order valence-corrected chi connectivity index (χ0v) is 18.6. The standard InChI is InChI=1S/C25H36O2P/c1-18(2)22-13-12-19(3)16-23(22)27-25(26)17-28(21-9-5-4-6-10-21)15-14-20-8-7-11-24(20)28/h4-6,9-10,14-15,18-20,22-24H,7-8,11-13,16-17H2,1-3H3/q+1/t19-,20+,22+,23-,24+,28?/m0/s1. The van der Waals surface area contributed by atoms with Gasteiger partial charge in [-0.15, -0.1) is 0 Å². The molecule has 3 heteroatoms. The summed E-state index contributed by atoms with van der Waals surface area (Å²) in [6.07, 6.45) is 10.5. The van der Waals surface area contributed by atoms with Crippen molar-refractivity contribution < 1.29 is 9.53 Å². The molecule has 0 saturated heterocycles. The summed E-state index contributed by atoms with van der Waals surface area (Å²) in [7, 11) is -1.64. The summed E-state index contributed by atoms with van der Waals surface area (Å²) < 4.78 is 6.25. The van der Waals surface area contributed by atoms with Crippen molar-refractivity contribution in [1.29, 1.82) is 0 Å². The van der Waals surface area contributed by atoms with Crippen LogP contribution in [0.25, 0.3) is 0 Å². The minimum absolute atomic E-state index is 0.0548. The molecule has 2 saturated carbocycles. The number of benzene rings is 1. The van der Waals surface area contributed by atoms with Crippen LogP contribution in [-0.4, -0.2) is 23.9 Å². The molecule has 3 aliphatic rings. The van der Waals surface area contributed by atoms with Crippen LogP contribution < -0.4 is 5.30 Å². The highest BCUT2D eigenvalue weighted by Crippen LogP contribution is 2.72. The first kappa shape index (κ1) is 20.1. The highest BCUT2D eigenvalue weighted by molar-refractivity contribution is 7.87. The fourth-order valence-corrected chi connectivity index (χ4v) is 10.7. The number of hydrogen-bond acceptors (Lipinski definition) is 2. The van der Waals surface area contributed by atoms with Crippen LogP contribution in [0.15, 0.2) is 42.2 Å².